The van der Waals surface area contributed by atoms with Crippen molar-refractivity contribution < 1.29 is 25.0 Å². The maximum atomic E-state index is 13.0. The molecule has 0 radical (unpaired) electrons. The number of aliphatic hydroxyl groups is 1. The van der Waals surface area contributed by atoms with Crippen molar-refractivity contribution in [2.75, 3.05) is 19.7 Å². The molecule has 0 fully saturated rings. The number of hydrogen-bond acceptors (Lipinski definition) is 8. The lowest BCUT2D eigenvalue weighted by molar-refractivity contribution is -0.385. The molecule has 4 rings (SSSR count). The first-order valence-electron chi connectivity index (χ1n) is 8.55. The summed E-state index contributed by atoms with van der Waals surface area (Å²) in [6.45, 7) is 1.22. The average Bonchev–Trinajstić information content (AvgIpc) is 3.03. The molecular formula is C18H16N4O6. The van der Waals surface area contributed by atoms with Gasteiger partial charge in [0.15, 0.2) is 0 Å². The second-order valence-corrected chi connectivity index (χ2v) is 6.34. The Morgan fingerprint density at radius 2 is 1.79 bits per heavy atom. The fourth-order valence-electron chi connectivity index (χ4n) is 3.55. The van der Waals surface area contributed by atoms with Gasteiger partial charge in [0, 0.05) is 24.5 Å². The fraction of sp³-hybridized carbons (Fsp3) is 0.222. The Kier molecular flexibility index (Phi) is 4.21. The van der Waals surface area contributed by atoms with Crippen LogP contribution in [-0.4, -0.2) is 55.5 Å². The van der Waals surface area contributed by atoms with Gasteiger partial charge in [0.2, 0.25) is 5.78 Å². The van der Waals surface area contributed by atoms with E-state index in [4.69, 9.17) is 5.11 Å². The predicted molar refractivity (Wildman–Crippen MR) is 98.5 cm³/mol. The smallest absolute Gasteiger partial charge is 0.281 e. The number of aromatic nitrogens is 2. The van der Waals surface area contributed by atoms with Crippen molar-refractivity contribution in [3.8, 4) is 22.8 Å². The van der Waals surface area contributed by atoms with Gasteiger partial charge in [-0.1, -0.05) is 0 Å². The first kappa shape index (κ1) is 17.9. The number of benzene rings is 2. The van der Waals surface area contributed by atoms with Crippen LogP contribution in [0.2, 0.25) is 0 Å². The molecule has 1 aromatic heterocycles. The van der Waals surface area contributed by atoms with Crippen LogP contribution in [0.4, 0.5) is 5.69 Å². The summed E-state index contributed by atoms with van der Waals surface area (Å²) in [6, 6.07) is 5.16. The zero-order chi connectivity index (χ0) is 20.0. The maximum absolute atomic E-state index is 13.0. The molecule has 28 heavy (non-hydrogen) atoms. The topological polar surface area (TPSA) is 151 Å². The van der Waals surface area contributed by atoms with Crippen molar-refractivity contribution in [3.63, 3.8) is 0 Å². The number of nitrogens with one attached hydrogen (secondary N) is 1. The highest BCUT2D eigenvalue weighted by Gasteiger charge is 2.38. The van der Waals surface area contributed by atoms with E-state index in [0.717, 1.165) is 0 Å². The molecule has 0 bridgehead atoms. The summed E-state index contributed by atoms with van der Waals surface area (Å²) in [5.41, 5.74) is 0.0318. The zero-order valence-corrected chi connectivity index (χ0v) is 14.5. The summed E-state index contributed by atoms with van der Waals surface area (Å²) in [4.78, 5) is 23.9. The van der Waals surface area contributed by atoms with E-state index >= 15 is 0 Å². The summed E-state index contributed by atoms with van der Waals surface area (Å²) >= 11 is 0. The number of fused-ring (bicyclic) bond motifs is 2. The van der Waals surface area contributed by atoms with Gasteiger partial charge in [0.1, 0.15) is 22.8 Å². The minimum atomic E-state index is -0.730. The molecule has 0 atom stereocenters. The molecule has 0 unspecified atom stereocenters. The Morgan fingerprint density at radius 3 is 2.46 bits per heavy atom. The van der Waals surface area contributed by atoms with E-state index in [2.05, 4.69) is 10.4 Å². The van der Waals surface area contributed by atoms with Crippen LogP contribution in [0, 0.1) is 10.1 Å². The summed E-state index contributed by atoms with van der Waals surface area (Å²) in [5, 5.41) is 48.6. The van der Waals surface area contributed by atoms with Gasteiger partial charge >= 0.3 is 0 Å². The highest BCUT2D eigenvalue weighted by molar-refractivity contribution is 6.28. The molecule has 10 nitrogen and oxygen atoms in total. The number of phenolic OH excluding ortho intramolecular Hbond substituents is 2. The van der Waals surface area contributed by atoms with Gasteiger partial charge in [-0.3, -0.25) is 19.6 Å². The van der Waals surface area contributed by atoms with E-state index < -0.39 is 10.7 Å². The number of nitro groups is 1. The van der Waals surface area contributed by atoms with Crippen LogP contribution in [0.25, 0.3) is 22.2 Å². The summed E-state index contributed by atoms with van der Waals surface area (Å²) in [5.74, 6) is -1.36. The van der Waals surface area contributed by atoms with E-state index in [1.54, 1.807) is 4.68 Å². The molecule has 0 aliphatic heterocycles. The second-order valence-electron chi connectivity index (χ2n) is 6.34. The molecule has 2 aromatic carbocycles. The fourth-order valence-corrected chi connectivity index (χ4v) is 3.55. The largest absolute Gasteiger partial charge is 0.507 e. The number of phenols is 2. The molecule has 0 saturated heterocycles. The average molecular weight is 384 g/mol. The van der Waals surface area contributed by atoms with Crippen LogP contribution in [0.15, 0.2) is 24.3 Å². The van der Waals surface area contributed by atoms with E-state index in [9.17, 15) is 25.1 Å². The maximum Gasteiger partial charge on any atom is 0.281 e. The van der Waals surface area contributed by atoms with Crippen LogP contribution in [0.5, 0.6) is 11.5 Å². The van der Waals surface area contributed by atoms with Crippen LogP contribution in [0.3, 0.4) is 0 Å². The SMILES string of the molecule is O=C1c2c(O)ccc(O)c2-c2nn(CCNCCO)c3ccc([N+](=O)[O-])c1c23. The van der Waals surface area contributed by atoms with Crippen LogP contribution in [-0.2, 0) is 6.54 Å². The van der Waals surface area contributed by atoms with Crippen molar-refractivity contribution in [2.45, 2.75) is 6.54 Å². The summed E-state index contributed by atoms with van der Waals surface area (Å²) < 4.78 is 1.58. The summed E-state index contributed by atoms with van der Waals surface area (Å²) in [6.07, 6.45) is 0. The standard InChI is InChI=1S/C18H16N4O6/c23-8-6-19-5-7-21-9-1-2-10(22(27)28)14-13(9)17(20-21)15-11(24)3-4-12(25)16(15)18(14)26/h1-4,19,23-25H,5-8H2. The number of aromatic hydroxyl groups is 2. The van der Waals surface area contributed by atoms with E-state index in [0.29, 0.717) is 25.2 Å². The monoisotopic (exact) mass is 384 g/mol. The Bertz CT molecular complexity index is 1140. The number of rotatable bonds is 6. The second kappa shape index (κ2) is 6.59. The van der Waals surface area contributed by atoms with Gasteiger partial charge in [0.05, 0.1) is 34.7 Å². The lowest BCUT2D eigenvalue weighted by atomic mass is 9.85. The molecule has 1 heterocycles. The minimum absolute atomic E-state index is 0.0174. The van der Waals surface area contributed by atoms with E-state index in [1.165, 1.54) is 24.3 Å². The molecule has 4 N–H and O–H groups in total. The van der Waals surface area contributed by atoms with Crippen molar-refractivity contribution in [2.24, 2.45) is 0 Å². The molecule has 1 aliphatic carbocycles. The molecule has 0 amide bonds. The summed E-state index contributed by atoms with van der Waals surface area (Å²) in [7, 11) is 0. The Hall–Kier alpha value is -3.50. The van der Waals surface area contributed by atoms with Gasteiger partial charge in [0.25, 0.3) is 5.69 Å². The molecule has 144 valence electrons. The third kappa shape index (κ3) is 2.50. The number of hydrogen-bond donors (Lipinski definition) is 4. The number of nitro benzene ring substituents is 1. The van der Waals surface area contributed by atoms with Crippen LogP contribution < -0.4 is 5.32 Å². The van der Waals surface area contributed by atoms with Crippen molar-refractivity contribution in [1.29, 1.82) is 0 Å². The van der Waals surface area contributed by atoms with Crippen LogP contribution in [0.1, 0.15) is 15.9 Å². The molecule has 0 saturated carbocycles. The van der Waals surface area contributed by atoms with Crippen molar-refractivity contribution >= 4 is 22.4 Å². The number of aliphatic hydroxyl groups excluding tert-OH is 1. The third-order valence-electron chi connectivity index (χ3n) is 4.73. The first-order chi connectivity index (χ1) is 13.5. The van der Waals surface area contributed by atoms with Gasteiger partial charge in [-0.25, -0.2) is 0 Å². The van der Waals surface area contributed by atoms with Gasteiger partial charge in [-0.05, 0) is 18.2 Å². The molecule has 0 spiro atoms. The van der Waals surface area contributed by atoms with Crippen molar-refractivity contribution in [3.05, 3.63) is 45.5 Å². The number of carbonyl (C=O) groups excluding carboxylic acids is 1. The lowest BCUT2D eigenvalue weighted by Crippen LogP contribution is -2.23. The Morgan fingerprint density at radius 1 is 1.07 bits per heavy atom. The Balaban J connectivity index is 2.00. The van der Waals surface area contributed by atoms with E-state index in [1.807, 2.05) is 0 Å². The molecule has 1 aliphatic rings. The number of nitrogens with zero attached hydrogens (tertiary/aromatic N) is 3. The van der Waals surface area contributed by atoms with Gasteiger partial charge < -0.3 is 20.6 Å². The minimum Gasteiger partial charge on any atom is -0.507 e. The van der Waals surface area contributed by atoms with Gasteiger partial charge in [-0.15, -0.1) is 0 Å². The Labute approximate surface area is 157 Å². The lowest BCUT2D eigenvalue weighted by Gasteiger charge is -2.16. The predicted octanol–water partition coefficient (Wildman–Crippen LogP) is 1.15. The molecule has 10 heteroatoms. The normalized spacial score (nSPS) is 12.4. The van der Waals surface area contributed by atoms with E-state index in [-0.39, 0.29) is 51.6 Å². The van der Waals surface area contributed by atoms with Crippen molar-refractivity contribution in [1.82, 2.24) is 15.1 Å². The third-order valence-corrected chi connectivity index (χ3v) is 4.73. The quantitative estimate of drug-likeness (QED) is 0.167. The van der Waals surface area contributed by atoms with Gasteiger partial charge in [-0.2, -0.15) is 5.10 Å². The molecular weight excluding hydrogens is 368 g/mol. The highest BCUT2D eigenvalue weighted by Crippen LogP contribution is 2.48. The highest BCUT2D eigenvalue weighted by atomic mass is 16.6. The van der Waals surface area contributed by atoms with Crippen LogP contribution >= 0.6 is 0 Å². The zero-order valence-electron chi connectivity index (χ0n) is 14.5. The number of carbonyl (C=O) groups is 1. The first-order valence-corrected chi connectivity index (χ1v) is 8.55. The number of ketones is 1. The molecule has 3 aromatic rings.